The summed E-state index contributed by atoms with van der Waals surface area (Å²) in [5, 5.41) is 9.70. The van der Waals surface area contributed by atoms with Gasteiger partial charge >= 0.3 is 0 Å². The van der Waals surface area contributed by atoms with E-state index >= 15 is 0 Å². The largest absolute Gasteiger partial charge is 0.392 e. The summed E-state index contributed by atoms with van der Waals surface area (Å²) in [5.41, 5.74) is 1.33. The average Bonchev–Trinajstić information content (AvgIpc) is 2.56. The highest BCUT2D eigenvalue weighted by Gasteiger charge is 2.25. The van der Waals surface area contributed by atoms with Crippen molar-refractivity contribution >= 4 is 5.91 Å². The van der Waals surface area contributed by atoms with Crippen LogP contribution in [0, 0.1) is 0 Å². The van der Waals surface area contributed by atoms with Gasteiger partial charge in [-0.3, -0.25) is 14.6 Å². The van der Waals surface area contributed by atoms with Crippen molar-refractivity contribution in [3.63, 3.8) is 0 Å². The van der Waals surface area contributed by atoms with Gasteiger partial charge in [0, 0.05) is 39.3 Å². The van der Waals surface area contributed by atoms with E-state index < -0.39 is 0 Å². The Balaban J connectivity index is 1.42. The molecule has 2 saturated heterocycles. The van der Waals surface area contributed by atoms with Crippen molar-refractivity contribution in [2.45, 2.75) is 25.5 Å². The van der Waals surface area contributed by atoms with Gasteiger partial charge in [0.1, 0.15) is 0 Å². The molecular formula is C18H27N3O2. The van der Waals surface area contributed by atoms with Crippen LogP contribution in [0.5, 0.6) is 0 Å². The van der Waals surface area contributed by atoms with Gasteiger partial charge in [0.2, 0.25) is 5.91 Å². The fourth-order valence-corrected chi connectivity index (χ4v) is 3.46. The van der Waals surface area contributed by atoms with Crippen LogP contribution in [0.1, 0.15) is 18.4 Å². The third-order valence-electron chi connectivity index (χ3n) is 4.81. The number of likely N-dealkylation sites (tertiary alicyclic amines) is 1. The lowest BCUT2D eigenvalue weighted by Gasteiger charge is -2.36. The van der Waals surface area contributed by atoms with Crippen LogP contribution in [0.15, 0.2) is 30.3 Å². The van der Waals surface area contributed by atoms with Gasteiger partial charge in [-0.05, 0) is 24.9 Å². The molecule has 0 bridgehead atoms. The number of β-amino-alcohol motifs (C(OH)–C–C–N with tert-alkyl or cyclic N) is 1. The monoisotopic (exact) mass is 317 g/mol. The summed E-state index contributed by atoms with van der Waals surface area (Å²) in [6.45, 7) is 6.46. The third kappa shape index (κ3) is 4.77. The van der Waals surface area contributed by atoms with Crippen LogP contribution in [0.2, 0.25) is 0 Å². The van der Waals surface area contributed by atoms with Gasteiger partial charge in [0.05, 0.1) is 12.6 Å². The molecule has 1 aromatic rings. The summed E-state index contributed by atoms with van der Waals surface area (Å²) >= 11 is 0. The Labute approximate surface area is 138 Å². The smallest absolute Gasteiger partial charge is 0.236 e. The Morgan fingerprint density at radius 2 is 1.78 bits per heavy atom. The van der Waals surface area contributed by atoms with Crippen molar-refractivity contribution in [2.75, 3.05) is 45.8 Å². The molecule has 5 nitrogen and oxygen atoms in total. The zero-order valence-electron chi connectivity index (χ0n) is 13.7. The molecule has 0 spiro atoms. The molecule has 23 heavy (non-hydrogen) atoms. The van der Waals surface area contributed by atoms with E-state index in [-0.39, 0.29) is 12.0 Å². The molecule has 1 N–H and O–H groups in total. The minimum atomic E-state index is -0.265. The second-order valence-electron chi connectivity index (χ2n) is 6.67. The molecule has 3 rings (SSSR count). The Morgan fingerprint density at radius 1 is 1.04 bits per heavy atom. The van der Waals surface area contributed by atoms with E-state index in [1.807, 2.05) is 11.0 Å². The molecule has 0 radical (unpaired) electrons. The van der Waals surface area contributed by atoms with Crippen LogP contribution in [0.25, 0.3) is 0 Å². The fraction of sp³-hybridized carbons (Fsp3) is 0.611. The van der Waals surface area contributed by atoms with Crippen LogP contribution >= 0.6 is 0 Å². The lowest BCUT2D eigenvalue weighted by atomic mass is 10.1. The third-order valence-corrected chi connectivity index (χ3v) is 4.81. The molecule has 0 unspecified atom stereocenters. The number of carbonyl (C=O) groups is 1. The van der Waals surface area contributed by atoms with Crippen molar-refractivity contribution in [1.82, 2.24) is 14.7 Å². The van der Waals surface area contributed by atoms with E-state index in [1.165, 1.54) is 5.56 Å². The van der Waals surface area contributed by atoms with E-state index in [1.54, 1.807) is 0 Å². The first-order valence-corrected chi connectivity index (χ1v) is 8.65. The van der Waals surface area contributed by atoms with E-state index in [4.69, 9.17) is 0 Å². The molecule has 1 amide bonds. The molecule has 2 aliphatic rings. The highest BCUT2D eigenvalue weighted by atomic mass is 16.3. The maximum Gasteiger partial charge on any atom is 0.236 e. The number of benzene rings is 1. The number of hydrogen-bond acceptors (Lipinski definition) is 4. The second-order valence-corrected chi connectivity index (χ2v) is 6.67. The summed E-state index contributed by atoms with van der Waals surface area (Å²) in [4.78, 5) is 18.9. The molecule has 126 valence electrons. The molecule has 1 aromatic carbocycles. The maximum atomic E-state index is 12.4. The van der Waals surface area contributed by atoms with Crippen molar-refractivity contribution < 1.29 is 9.90 Å². The van der Waals surface area contributed by atoms with Crippen LogP contribution in [-0.2, 0) is 11.3 Å². The average molecular weight is 317 g/mol. The number of aliphatic hydroxyl groups is 1. The van der Waals surface area contributed by atoms with Gasteiger partial charge in [0.15, 0.2) is 0 Å². The fourth-order valence-electron chi connectivity index (χ4n) is 3.46. The number of piperidine rings is 1. The summed E-state index contributed by atoms with van der Waals surface area (Å²) in [5.74, 6) is 0.207. The van der Waals surface area contributed by atoms with Gasteiger partial charge in [0.25, 0.3) is 0 Å². The standard InChI is InChI=1S/C18H27N3O2/c22-17-7-4-8-20(14-17)15-18(23)21-11-9-19(10-12-21)13-16-5-2-1-3-6-16/h1-3,5-6,17,22H,4,7-15H2/t17-/m1/s1. The second kappa shape index (κ2) is 7.90. The predicted octanol–water partition coefficient (Wildman–Crippen LogP) is 0.788. The van der Waals surface area contributed by atoms with Crippen molar-refractivity contribution in [1.29, 1.82) is 0 Å². The Morgan fingerprint density at radius 3 is 2.48 bits per heavy atom. The highest BCUT2D eigenvalue weighted by Crippen LogP contribution is 2.12. The molecule has 2 aliphatic heterocycles. The minimum absolute atomic E-state index is 0.207. The molecule has 2 heterocycles. The Kier molecular flexibility index (Phi) is 5.65. The van der Waals surface area contributed by atoms with E-state index in [0.717, 1.165) is 52.1 Å². The highest BCUT2D eigenvalue weighted by molar-refractivity contribution is 5.78. The number of piperazine rings is 1. The predicted molar refractivity (Wildman–Crippen MR) is 90.0 cm³/mol. The first kappa shape index (κ1) is 16.4. The molecule has 0 saturated carbocycles. The lowest BCUT2D eigenvalue weighted by Crippen LogP contribution is -2.52. The number of hydrogen-bond donors (Lipinski definition) is 1. The van der Waals surface area contributed by atoms with E-state index in [2.05, 4.69) is 34.1 Å². The van der Waals surface area contributed by atoms with Crippen molar-refractivity contribution in [3.8, 4) is 0 Å². The Bertz CT molecular complexity index is 500. The van der Waals surface area contributed by atoms with Crippen molar-refractivity contribution in [3.05, 3.63) is 35.9 Å². The molecular weight excluding hydrogens is 290 g/mol. The van der Waals surface area contributed by atoms with Gasteiger partial charge in [-0.25, -0.2) is 0 Å². The van der Waals surface area contributed by atoms with E-state index in [9.17, 15) is 9.90 Å². The minimum Gasteiger partial charge on any atom is -0.392 e. The topological polar surface area (TPSA) is 47.0 Å². The number of rotatable bonds is 4. The normalized spacial score (nSPS) is 23.9. The molecule has 0 aliphatic carbocycles. The Hall–Kier alpha value is -1.43. The van der Waals surface area contributed by atoms with Crippen LogP contribution in [-0.4, -0.2) is 77.6 Å². The van der Waals surface area contributed by atoms with Crippen LogP contribution < -0.4 is 0 Å². The summed E-state index contributed by atoms with van der Waals surface area (Å²) < 4.78 is 0. The zero-order chi connectivity index (χ0) is 16.1. The van der Waals surface area contributed by atoms with Gasteiger partial charge in [-0.1, -0.05) is 30.3 Å². The SMILES string of the molecule is O=C(CN1CCC[C@@H](O)C1)N1CCN(Cc2ccccc2)CC1. The van der Waals surface area contributed by atoms with Gasteiger partial charge in [-0.15, -0.1) is 0 Å². The number of nitrogens with zero attached hydrogens (tertiary/aromatic N) is 3. The molecule has 0 aromatic heterocycles. The molecule has 1 atom stereocenters. The summed E-state index contributed by atoms with van der Waals surface area (Å²) in [6, 6.07) is 10.5. The lowest BCUT2D eigenvalue weighted by molar-refractivity contribution is -0.134. The molecule has 5 heteroatoms. The van der Waals surface area contributed by atoms with Gasteiger partial charge in [-0.2, -0.15) is 0 Å². The zero-order valence-corrected chi connectivity index (χ0v) is 13.7. The molecule has 2 fully saturated rings. The van der Waals surface area contributed by atoms with Gasteiger partial charge < -0.3 is 10.0 Å². The first-order chi connectivity index (χ1) is 11.2. The summed E-state index contributed by atoms with van der Waals surface area (Å²) in [7, 11) is 0. The number of amides is 1. The first-order valence-electron chi connectivity index (χ1n) is 8.65. The van der Waals surface area contributed by atoms with E-state index in [0.29, 0.717) is 13.1 Å². The van der Waals surface area contributed by atoms with Crippen molar-refractivity contribution in [2.24, 2.45) is 0 Å². The summed E-state index contributed by atoms with van der Waals surface area (Å²) in [6.07, 6.45) is 1.58. The van der Waals surface area contributed by atoms with Crippen LogP contribution in [0.4, 0.5) is 0 Å². The number of carbonyl (C=O) groups excluding carboxylic acids is 1. The maximum absolute atomic E-state index is 12.4. The number of aliphatic hydroxyl groups excluding tert-OH is 1. The van der Waals surface area contributed by atoms with Crippen LogP contribution in [0.3, 0.4) is 0 Å². The quantitative estimate of drug-likeness (QED) is 0.892.